The van der Waals surface area contributed by atoms with Crippen LogP contribution in [0, 0.1) is 11.6 Å². The zero-order chi connectivity index (χ0) is 17.9. The number of nitrogens with one attached hydrogen (secondary N) is 1. The minimum absolute atomic E-state index is 0.0371. The number of benzene rings is 1. The number of hydrogen-bond acceptors (Lipinski definition) is 3. The molecular weight excluding hydrogens is 332 g/mol. The van der Waals surface area contributed by atoms with E-state index in [2.05, 4.69) is 21.4 Å². The van der Waals surface area contributed by atoms with Gasteiger partial charge in [0.15, 0.2) is 0 Å². The Morgan fingerprint density at radius 1 is 1.00 bits per heavy atom. The number of nitrogens with zero attached hydrogens (tertiary/aromatic N) is 2. The largest absolute Gasteiger partial charge is 0.303 e. The second-order valence-corrected chi connectivity index (χ2v) is 6.51. The molecule has 1 aliphatic rings. The van der Waals surface area contributed by atoms with Crippen LogP contribution in [0.1, 0.15) is 35.8 Å². The molecule has 1 N–H and O–H groups in total. The van der Waals surface area contributed by atoms with E-state index in [1.165, 1.54) is 30.0 Å². The van der Waals surface area contributed by atoms with E-state index in [0.717, 1.165) is 30.7 Å². The summed E-state index contributed by atoms with van der Waals surface area (Å²) in [5.41, 5.74) is 3.64. The van der Waals surface area contributed by atoms with E-state index in [1.54, 1.807) is 12.1 Å². The number of halogens is 2. The molecule has 2 heterocycles. The monoisotopic (exact) mass is 351 g/mol. The lowest BCUT2D eigenvalue weighted by Gasteiger charge is -2.25. The van der Waals surface area contributed by atoms with Crippen LogP contribution in [0.2, 0.25) is 0 Å². The van der Waals surface area contributed by atoms with Gasteiger partial charge in [0.1, 0.15) is 11.6 Å². The smallest absolute Gasteiger partial charge is 0.134 e. The molecule has 3 aromatic rings. The van der Waals surface area contributed by atoms with E-state index < -0.39 is 11.6 Å². The van der Waals surface area contributed by atoms with Gasteiger partial charge in [-0.25, -0.2) is 8.78 Å². The molecule has 1 aromatic carbocycles. The summed E-state index contributed by atoms with van der Waals surface area (Å²) >= 11 is 0. The first-order chi connectivity index (χ1) is 12.7. The highest BCUT2D eigenvalue weighted by molar-refractivity contribution is 5.63. The number of hydrogen-bond donors (Lipinski definition) is 1. The van der Waals surface area contributed by atoms with Crippen molar-refractivity contribution in [1.29, 1.82) is 0 Å². The standard InChI is InChI=1S/C21H19F2N3/c22-17-6-2-7-18(23)20(17)15-9-10-16(25-12-15)13-26-19-8-1-4-14-5-3-11-24-21(14)19/h2-3,5-7,9-12,19,26H,1,4,8,13H2/t19-/m1/s1. The minimum atomic E-state index is -0.581. The molecule has 26 heavy (non-hydrogen) atoms. The second-order valence-electron chi connectivity index (χ2n) is 6.51. The number of pyridine rings is 2. The molecule has 0 aliphatic heterocycles. The number of rotatable bonds is 4. The molecule has 5 heteroatoms. The molecule has 132 valence electrons. The van der Waals surface area contributed by atoms with E-state index >= 15 is 0 Å². The van der Waals surface area contributed by atoms with Crippen molar-refractivity contribution >= 4 is 0 Å². The zero-order valence-corrected chi connectivity index (χ0v) is 14.3. The fourth-order valence-corrected chi connectivity index (χ4v) is 3.49. The van der Waals surface area contributed by atoms with Crippen LogP contribution in [0.3, 0.4) is 0 Å². The van der Waals surface area contributed by atoms with Gasteiger partial charge >= 0.3 is 0 Å². The first-order valence-electron chi connectivity index (χ1n) is 8.79. The van der Waals surface area contributed by atoms with Crippen molar-refractivity contribution in [3.63, 3.8) is 0 Å². The van der Waals surface area contributed by atoms with Gasteiger partial charge in [-0.05, 0) is 49.1 Å². The molecular formula is C21H19F2N3. The highest BCUT2D eigenvalue weighted by Gasteiger charge is 2.20. The summed E-state index contributed by atoms with van der Waals surface area (Å²) in [6.07, 6.45) is 6.60. The highest BCUT2D eigenvalue weighted by Crippen LogP contribution is 2.28. The Kier molecular flexibility index (Phi) is 4.71. The van der Waals surface area contributed by atoms with Gasteiger partial charge in [0.25, 0.3) is 0 Å². The third kappa shape index (κ3) is 3.35. The van der Waals surface area contributed by atoms with Gasteiger partial charge in [-0.3, -0.25) is 9.97 Å². The summed E-state index contributed by atoms with van der Waals surface area (Å²) in [4.78, 5) is 8.88. The fraction of sp³-hybridized carbons (Fsp3) is 0.238. The van der Waals surface area contributed by atoms with Crippen LogP contribution in [0.4, 0.5) is 8.78 Å². The van der Waals surface area contributed by atoms with Crippen molar-refractivity contribution in [2.24, 2.45) is 0 Å². The molecule has 4 rings (SSSR count). The maximum absolute atomic E-state index is 13.9. The summed E-state index contributed by atoms with van der Waals surface area (Å²) in [6.45, 7) is 0.584. The average molecular weight is 351 g/mol. The van der Waals surface area contributed by atoms with Crippen molar-refractivity contribution in [1.82, 2.24) is 15.3 Å². The van der Waals surface area contributed by atoms with Crippen LogP contribution in [-0.2, 0) is 13.0 Å². The van der Waals surface area contributed by atoms with E-state index in [-0.39, 0.29) is 11.6 Å². The molecule has 0 amide bonds. The first-order valence-corrected chi connectivity index (χ1v) is 8.79. The molecule has 0 spiro atoms. The fourth-order valence-electron chi connectivity index (χ4n) is 3.49. The molecule has 0 unspecified atom stereocenters. The maximum atomic E-state index is 13.9. The van der Waals surface area contributed by atoms with E-state index in [9.17, 15) is 8.78 Å². The molecule has 3 nitrogen and oxygen atoms in total. The van der Waals surface area contributed by atoms with Crippen LogP contribution in [0.15, 0.2) is 54.9 Å². The molecule has 0 bridgehead atoms. The Balaban J connectivity index is 1.48. The molecule has 1 aliphatic carbocycles. The van der Waals surface area contributed by atoms with Crippen LogP contribution < -0.4 is 5.32 Å². The summed E-state index contributed by atoms with van der Waals surface area (Å²) in [6, 6.07) is 11.7. The van der Waals surface area contributed by atoms with E-state index in [0.29, 0.717) is 12.1 Å². The lowest BCUT2D eigenvalue weighted by atomic mass is 9.92. The molecule has 2 aromatic heterocycles. The van der Waals surface area contributed by atoms with Gasteiger partial charge in [0.05, 0.1) is 23.0 Å². The molecule has 0 saturated carbocycles. The maximum Gasteiger partial charge on any atom is 0.134 e. The molecule has 0 saturated heterocycles. The normalized spacial score (nSPS) is 16.3. The Morgan fingerprint density at radius 2 is 1.85 bits per heavy atom. The first kappa shape index (κ1) is 16.8. The summed E-state index contributed by atoms with van der Waals surface area (Å²) in [7, 11) is 0. The predicted molar refractivity (Wildman–Crippen MR) is 96.3 cm³/mol. The van der Waals surface area contributed by atoms with Crippen LogP contribution in [-0.4, -0.2) is 9.97 Å². The summed E-state index contributed by atoms with van der Waals surface area (Å²) < 4.78 is 27.8. The number of aromatic nitrogens is 2. The van der Waals surface area contributed by atoms with Crippen molar-refractivity contribution in [3.8, 4) is 11.1 Å². The van der Waals surface area contributed by atoms with Gasteiger partial charge in [-0.15, -0.1) is 0 Å². The van der Waals surface area contributed by atoms with Gasteiger partial charge < -0.3 is 5.32 Å². The molecule has 0 fully saturated rings. The van der Waals surface area contributed by atoms with E-state index in [1.807, 2.05) is 12.3 Å². The van der Waals surface area contributed by atoms with Crippen LogP contribution >= 0.6 is 0 Å². The summed E-state index contributed by atoms with van der Waals surface area (Å²) in [5, 5.41) is 3.50. The summed E-state index contributed by atoms with van der Waals surface area (Å²) in [5.74, 6) is -1.16. The highest BCUT2D eigenvalue weighted by atomic mass is 19.1. The zero-order valence-electron chi connectivity index (χ0n) is 14.3. The third-order valence-corrected chi connectivity index (χ3v) is 4.80. The quantitative estimate of drug-likeness (QED) is 0.747. The predicted octanol–water partition coefficient (Wildman–Crippen LogP) is 4.59. The SMILES string of the molecule is Fc1cccc(F)c1-c1ccc(CN[C@@H]2CCCc3cccnc32)nc1. The lowest BCUT2D eigenvalue weighted by Crippen LogP contribution is -2.26. The average Bonchev–Trinajstić information content (AvgIpc) is 2.67. The second kappa shape index (κ2) is 7.30. The van der Waals surface area contributed by atoms with Crippen molar-refractivity contribution < 1.29 is 8.78 Å². The number of fused-ring (bicyclic) bond motifs is 1. The minimum Gasteiger partial charge on any atom is -0.303 e. The Hall–Kier alpha value is -2.66. The van der Waals surface area contributed by atoms with Crippen LogP contribution in [0.25, 0.3) is 11.1 Å². The van der Waals surface area contributed by atoms with Crippen LogP contribution in [0.5, 0.6) is 0 Å². The Morgan fingerprint density at radius 3 is 2.62 bits per heavy atom. The topological polar surface area (TPSA) is 37.8 Å². The molecule has 1 atom stereocenters. The molecule has 0 radical (unpaired) electrons. The van der Waals surface area contributed by atoms with Gasteiger partial charge in [-0.2, -0.15) is 0 Å². The lowest BCUT2D eigenvalue weighted by molar-refractivity contribution is 0.445. The van der Waals surface area contributed by atoms with Crippen molar-refractivity contribution in [2.45, 2.75) is 31.8 Å². The van der Waals surface area contributed by atoms with Gasteiger partial charge in [0.2, 0.25) is 0 Å². The van der Waals surface area contributed by atoms with Crippen molar-refractivity contribution in [2.75, 3.05) is 0 Å². The van der Waals surface area contributed by atoms with Crippen molar-refractivity contribution in [3.05, 3.63) is 83.4 Å². The third-order valence-electron chi connectivity index (χ3n) is 4.80. The Labute approximate surface area is 151 Å². The number of aryl methyl sites for hydroxylation is 1. The van der Waals surface area contributed by atoms with Gasteiger partial charge in [0, 0.05) is 24.5 Å². The Bertz CT molecular complexity index is 889. The van der Waals surface area contributed by atoms with Gasteiger partial charge in [-0.1, -0.05) is 18.2 Å². The van der Waals surface area contributed by atoms with E-state index in [4.69, 9.17) is 0 Å².